The van der Waals surface area contributed by atoms with E-state index < -0.39 is 0 Å². The van der Waals surface area contributed by atoms with Gasteiger partial charge >= 0.3 is 0 Å². The van der Waals surface area contributed by atoms with Crippen molar-refractivity contribution in [1.82, 2.24) is 14.5 Å². The second-order valence-electron chi connectivity index (χ2n) is 4.81. The van der Waals surface area contributed by atoms with E-state index in [0.29, 0.717) is 22.3 Å². The molecule has 108 valence electrons. The van der Waals surface area contributed by atoms with Crippen molar-refractivity contribution in [2.75, 3.05) is 5.73 Å². The van der Waals surface area contributed by atoms with Crippen molar-refractivity contribution < 1.29 is 4.74 Å². The van der Waals surface area contributed by atoms with Gasteiger partial charge in [-0.05, 0) is 24.1 Å². The van der Waals surface area contributed by atoms with Crippen molar-refractivity contribution in [3.63, 3.8) is 0 Å². The molecule has 1 aromatic carbocycles. The van der Waals surface area contributed by atoms with Crippen LogP contribution in [-0.4, -0.2) is 14.5 Å². The SMILES string of the molecule is CCc1cc(N)cc(Cl)c1Oc1cc2c(cn1)ncn2C. The smallest absolute Gasteiger partial charge is 0.221 e. The summed E-state index contributed by atoms with van der Waals surface area (Å²) in [5.41, 5.74) is 9.16. The topological polar surface area (TPSA) is 66.0 Å². The molecule has 3 aromatic rings. The molecule has 0 aliphatic carbocycles. The fraction of sp³-hybridized carbons (Fsp3) is 0.200. The highest BCUT2D eigenvalue weighted by Crippen LogP contribution is 2.35. The predicted octanol–water partition coefficient (Wildman–Crippen LogP) is 3.56. The van der Waals surface area contributed by atoms with Gasteiger partial charge in [0, 0.05) is 18.8 Å². The molecular formula is C15H15ClN4O. The number of hydrogen-bond acceptors (Lipinski definition) is 4. The number of aromatic nitrogens is 3. The molecule has 0 aliphatic rings. The molecule has 0 saturated heterocycles. The summed E-state index contributed by atoms with van der Waals surface area (Å²) >= 11 is 6.24. The first kappa shape index (κ1) is 13.7. The van der Waals surface area contributed by atoms with Crippen LogP contribution in [0.4, 0.5) is 5.69 Å². The zero-order valence-electron chi connectivity index (χ0n) is 11.8. The fourth-order valence-corrected chi connectivity index (χ4v) is 2.51. The first-order valence-electron chi connectivity index (χ1n) is 6.61. The number of anilines is 1. The van der Waals surface area contributed by atoms with Gasteiger partial charge in [-0.15, -0.1) is 0 Å². The molecule has 3 rings (SSSR count). The van der Waals surface area contributed by atoms with Gasteiger partial charge < -0.3 is 15.0 Å². The van der Waals surface area contributed by atoms with E-state index in [2.05, 4.69) is 9.97 Å². The average Bonchev–Trinajstić information content (AvgIpc) is 2.83. The Hall–Kier alpha value is -2.27. The van der Waals surface area contributed by atoms with Gasteiger partial charge in [-0.1, -0.05) is 18.5 Å². The van der Waals surface area contributed by atoms with Gasteiger partial charge in [-0.2, -0.15) is 0 Å². The van der Waals surface area contributed by atoms with Crippen LogP contribution in [0.1, 0.15) is 12.5 Å². The maximum absolute atomic E-state index is 6.24. The van der Waals surface area contributed by atoms with E-state index in [9.17, 15) is 0 Å². The highest BCUT2D eigenvalue weighted by atomic mass is 35.5. The van der Waals surface area contributed by atoms with E-state index in [4.69, 9.17) is 22.1 Å². The molecule has 6 heteroatoms. The Labute approximate surface area is 127 Å². The van der Waals surface area contributed by atoms with E-state index in [1.165, 1.54) is 0 Å². The second kappa shape index (κ2) is 5.26. The molecule has 2 heterocycles. The van der Waals surface area contributed by atoms with Crippen LogP contribution in [0, 0.1) is 0 Å². The predicted molar refractivity (Wildman–Crippen MR) is 83.8 cm³/mol. The number of benzene rings is 1. The number of fused-ring (bicyclic) bond motifs is 1. The van der Waals surface area contributed by atoms with Crippen molar-refractivity contribution in [2.45, 2.75) is 13.3 Å². The van der Waals surface area contributed by atoms with Crippen LogP contribution in [0.5, 0.6) is 11.6 Å². The van der Waals surface area contributed by atoms with Crippen LogP contribution in [0.15, 0.2) is 30.7 Å². The minimum atomic E-state index is 0.479. The van der Waals surface area contributed by atoms with Gasteiger partial charge in [0.15, 0.2) is 5.75 Å². The number of aryl methyl sites for hydroxylation is 2. The van der Waals surface area contributed by atoms with Crippen molar-refractivity contribution in [3.05, 3.63) is 41.3 Å². The maximum atomic E-state index is 6.24. The molecule has 2 aromatic heterocycles. The van der Waals surface area contributed by atoms with Crippen LogP contribution in [-0.2, 0) is 13.5 Å². The normalized spacial score (nSPS) is 11.0. The van der Waals surface area contributed by atoms with Crippen LogP contribution in [0.3, 0.4) is 0 Å². The number of pyridine rings is 1. The Kier molecular flexibility index (Phi) is 3.43. The van der Waals surface area contributed by atoms with Crippen LogP contribution >= 0.6 is 11.6 Å². The van der Waals surface area contributed by atoms with Gasteiger partial charge in [-0.25, -0.2) is 9.97 Å². The monoisotopic (exact) mass is 302 g/mol. The van der Waals surface area contributed by atoms with Crippen LogP contribution in [0.25, 0.3) is 11.0 Å². The van der Waals surface area contributed by atoms with Gasteiger partial charge in [0.05, 0.1) is 23.1 Å². The number of nitrogens with zero attached hydrogens (tertiary/aromatic N) is 3. The number of imidazole rings is 1. The quantitative estimate of drug-likeness (QED) is 0.751. The minimum Gasteiger partial charge on any atom is -0.437 e. The summed E-state index contributed by atoms with van der Waals surface area (Å²) in [6, 6.07) is 5.39. The van der Waals surface area contributed by atoms with E-state index in [-0.39, 0.29) is 0 Å². The summed E-state index contributed by atoms with van der Waals surface area (Å²) in [5, 5.41) is 0.485. The summed E-state index contributed by atoms with van der Waals surface area (Å²) in [7, 11) is 1.92. The average molecular weight is 303 g/mol. The van der Waals surface area contributed by atoms with E-state index in [1.54, 1.807) is 18.6 Å². The summed E-state index contributed by atoms with van der Waals surface area (Å²) in [4.78, 5) is 8.50. The molecule has 5 nitrogen and oxygen atoms in total. The molecule has 0 aliphatic heterocycles. The Morgan fingerprint density at radius 1 is 1.29 bits per heavy atom. The maximum Gasteiger partial charge on any atom is 0.221 e. The van der Waals surface area contributed by atoms with Crippen molar-refractivity contribution in [1.29, 1.82) is 0 Å². The van der Waals surface area contributed by atoms with Crippen molar-refractivity contribution in [3.8, 4) is 11.6 Å². The lowest BCUT2D eigenvalue weighted by molar-refractivity contribution is 0.459. The molecule has 0 saturated carbocycles. The summed E-state index contributed by atoms with van der Waals surface area (Å²) in [5.74, 6) is 1.08. The van der Waals surface area contributed by atoms with Gasteiger partial charge in [0.2, 0.25) is 5.88 Å². The third-order valence-corrected chi connectivity index (χ3v) is 3.60. The number of hydrogen-bond donors (Lipinski definition) is 1. The fourth-order valence-electron chi connectivity index (χ4n) is 2.22. The first-order chi connectivity index (χ1) is 10.1. The van der Waals surface area contributed by atoms with Gasteiger partial charge in [0.25, 0.3) is 0 Å². The van der Waals surface area contributed by atoms with Crippen LogP contribution < -0.4 is 10.5 Å². The largest absolute Gasteiger partial charge is 0.437 e. The number of nitrogen functional groups attached to an aromatic ring is 1. The van der Waals surface area contributed by atoms with Gasteiger partial charge in [0.1, 0.15) is 5.52 Å². The van der Waals surface area contributed by atoms with Crippen molar-refractivity contribution in [2.24, 2.45) is 7.05 Å². The highest BCUT2D eigenvalue weighted by molar-refractivity contribution is 6.32. The second-order valence-corrected chi connectivity index (χ2v) is 5.22. The lowest BCUT2D eigenvalue weighted by Gasteiger charge is -2.12. The van der Waals surface area contributed by atoms with Gasteiger partial charge in [-0.3, -0.25) is 0 Å². The molecule has 0 radical (unpaired) electrons. The number of halogens is 1. The van der Waals surface area contributed by atoms with E-state index in [0.717, 1.165) is 23.0 Å². The molecule has 0 bridgehead atoms. The summed E-state index contributed by atoms with van der Waals surface area (Å²) in [6.45, 7) is 2.02. The molecule has 0 amide bonds. The lowest BCUT2D eigenvalue weighted by atomic mass is 10.1. The zero-order valence-corrected chi connectivity index (χ0v) is 12.6. The standard InChI is InChI=1S/C15H15ClN4O/c1-3-9-4-10(17)5-11(16)15(9)21-14-6-13-12(7-18-14)19-8-20(13)2/h4-8H,3,17H2,1-2H3. The number of rotatable bonds is 3. The summed E-state index contributed by atoms with van der Waals surface area (Å²) < 4.78 is 7.79. The Morgan fingerprint density at radius 2 is 2.10 bits per heavy atom. The molecule has 0 fully saturated rings. The molecule has 0 spiro atoms. The van der Waals surface area contributed by atoms with E-state index >= 15 is 0 Å². The minimum absolute atomic E-state index is 0.479. The third kappa shape index (κ3) is 2.52. The summed E-state index contributed by atoms with van der Waals surface area (Å²) in [6.07, 6.45) is 4.19. The number of nitrogens with two attached hydrogens (primary N) is 1. The lowest BCUT2D eigenvalue weighted by Crippen LogP contribution is -1.96. The molecule has 2 N–H and O–H groups in total. The Morgan fingerprint density at radius 3 is 2.86 bits per heavy atom. The Bertz CT molecular complexity index is 813. The molecule has 0 atom stereocenters. The van der Waals surface area contributed by atoms with E-state index in [1.807, 2.05) is 30.7 Å². The third-order valence-electron chi connectivity index (χ3n) is 3.32. The first-order valence-corrected chi connectivity index (χ1v) is 6.99. The van der Waals surface area contributed by atoms with Crippen molar-refractivity contribution >= 4 is 28.3 Å². The van der Waals surface area contributed by atoms with Crippen LogP contribution in [0.2, 0.25) is 5.02 Å². The molecular weight excluding hydrogens is 288 g/mol. The molecule has 21 heavy (non-hydrogen) atoms. The number of ether oxygens (including phenoxy) is 1. The Balaban J connectivity index is 2.03. The highest BCUT2D eigenvalue weighted by Gasteiger charge is 2.12. The zero-order chi connectivity index (χ0) is 15.0. The molecule has 0 unspecified atom stereocenters.